The molecule has 154 valence electrons. The Morgan fingerprint density at radius 3 is 2.60 bits per heavy atom. The van der Waals surface area contributed by atoms with E-state index in [-0.39, 0.29) is 5.91 Å². The Kier molecular flexibility index (Phi) is 5.28. The topological polar surface area (TPSA) is 103 Å². The first-order chi connectivity index (χ1) is 14.5. The van der Waals surface area contributed by atoms with Gasteiger partial charge in [-0.2, -0.15) is 4.68 Å². The fourth-order valence-corrected chi connectivity index (χ4v) is 3.63. The molecule has 1 aliphatic heterocycles. The van der Waals surface area contributed by atoms with Gasteiger partial charge in [-0.25, -0.2) is 0 Å². The Hall–Kier alpha value is -3.59. The highest BCUT2D eigenvalue weighted by molar-refractivity contribution is 6.32. The first kappa shape index (κ1) is 19.7. The van der Waals surface area contributed by atoms with Crippen molar-refractivity contribution in [3.05, 3.63) is 64.3 Å². The maximum atomic E-state index is 13.4. The number of aromatic nitrogens is 4. The summed E-state index contributed by atoms with van der Waals surface area (Å²) in [7, 11) is 3.00. The van der Waals surface area contributed by atoms with Gasteiger partial charge in [0.1, 0.15) is 17.5 Å². The fraction of sp³-hybridized carbons (Fsp3) is 0.200. The number of fused-ring (bicyclic) bond motifs is 1. The lowest BCUT2D eigenvalue weighted by molar-refractivity contribution is -0.113. The van der Waals surface area contributed by atoms with E-state index in [0.29, 0.717) is 39.4 Å². The number of nitrogens with one attached hydrogen (secondary N) is 2. The summed E-state index contributed by atoms with van der Waals surface area (Å²) in [6.45, 7) is 1.81. The zero-order valence-electron chi connectivity index (χ0n) is 16.5. The van der Waals surface area contributed by atoms with Gasteiger partial charge in [0.05, 0.1) is 30.5 Å². The van der Waals surface area contributed by atoms with Crippen LogP contribution in [0.4, 0.5) is 11.6 Å². The van der Waals surface area contributed by atoms with Crippen molar-refractivity contribution < 1.29 is 14.3 Å². The maximum Gasteiger partial charge on any atom is 0.255 e. The highest BCUT2D eigenvalue weighted by Gasteiger charge is 2.34. The quantitative estimate of drug-likeness (QED) is 0.645. The number of tetrazole rings is 1. The van der Waals surface area contributed by atoms with Crippen LogP contribution in [0.2, 0.25) is 5.02 Å². The van der Waals surface area contributed by atoms with E-state index in [0.717, 1.165) is 5.56 Å². The van der Waals surface area contributed by atoms with Crippen molar-refractivity contribution in [2.24, 2.45) is 0 Å². The number of anilines is 2. The van der Waals surface area contributed by atoms with E-state index in [2.05, 4.69) is 26.2 Å². The molecule has 10 heteroatoms. The van der Waals surface area contributed by atoms with Crippen LogP contribution in [0.15, 0.2) is 53.7 Å². The summed E-state index contributed by atoms with van der Waals surface area (Å²) in [4.78, 5) is 13.4. The highest BCUT2D eigenvalue weighted by Crippen LogP contribution is 2.38. The molecular weight excluding hydrogens is 408 g/mol. The van der Waals surface area contributed by atoms with Crippen molar-refractivity contribution >= 4 is 29.1 Å². The SMILES string of the molecule is COc1cc(NC(=O)C2=C(C)Nc3nnnn3[C@@H]2c2ccccc2)c(OC)cc1Cl. The van der Waals surface area contributed by atoms with Crippen LogP contribution >= 0.6 is 11.6 Å². The molecule has 0 saturated heterocycles. The van der Waals surface area contributed by atoms with E-state index in [4.69, 9.17) is 21.1 Å². The minimum absolute atomic E-state index is 0.335. The fourth-order valence-electron chi connectivity index (χ4n) is 3.40. The average Bonchev–Trinajstić information content (AvgIpc) is 3.22. The van der Waals surface area contributed by atoms with E-state index in [1.54, 1.807) is 16.8 Å². The molecule has 1 atom stereocenters. The third-order valence-electron chi connectivity index (χ3n) is 4.80. The van der Waals surface area contributed by atoms with E-state index in [1.165, 1.54) is 14.2 Å². The molecule has 0 saturated carbocycles. The largest absolute Gasteiger partial charge is 0.495 e. The second-order valence-corrected chi connectivity index (χ2v) is 6.97. The Morgan fingerprint density at radius 2 is 1.90 bits per heavy atom. The predicted octanol–water partition coefficient (Wildman–Crippen LogP) is 3.27. The number of carbonyl (C=O) groups excluding carboxylic acids is 1. The van der Waals surface area contributed by atoms with Gasteiger partial charge in [0.25, 0.3) is 5.91 Å². The van der Waals surface area contributed by atoms with Gasteiger partial charge in [-0.05, 0) is 22.9 Å². The second kappa shape index (κ2) is 8.03. The summed E-state index contributed by atoms with van der Waals surface area (Å²) in [5.74, 6) is 0.958. The normalized spacial score (nSPS) is 15.3. The molecule has 3 aromatic rings. The molecule has 0 unspecified atom stereocenters. The van der Waals surface area contributed by atoms with Crippen molar-refractivity contribution in [3.63, 3.8) is 0 Å². The summed E-state index contributed by atoms with van der Waals surface area (Å²) in [6, 6.07) is 12.3. The number of allylic oxidation sites excluding steroid dienone is 1. The van der Waals surface area contributed by atoms with Crippen molar-refractivity contribution in [2.75, 3.05) is 24.9 Å². The first-order valence-electron chi connectivity index (χ1n) is 9.07. The molecular formula is C20H19ClN6O3. The lowest BCUT2D eigenvalue weighted by atomic mass is 9.95. The summed E-state index contributed by atoms with van der Waals surface area (Å²) in [6.07, 6.45) is 0. The van der Waals surface area contributed by atoms with Gasteiger partial charge in [0.15, 0.2) is 0 Å². The standard InChI is InChI=1S/C20H19ClN6O3/c1-11-17(19(28)23-14-10-15(29-2)13(21)9-16(14)30-3)18(12-7-5-4-6-8-12)27-20(22-11)24-25-26-27/h4-10,18H,1-3H3,(H,23,28)(H,22,24,26)/t18-/m1/s1. The van der Waals surface area contributed by atoms with Crippen LogP contribution in [0, 0.1) is 0 Å². The zero-order chi connectivity index (χ0) is 21.3. The first-order valence-corrected chi connectivity index (χ1v) is 9.44. The van der Waals surface area contributed by atoms with Crippen LogP contribution in [0.5, 0.6) is 11.5 Å². The van der Waals surface area contributed by atoms with Crippen LogP contribution in [-0.4, -0.2) is 40.3 Å². The number of amides is 1. The summed E-state index contributed by atoms with van der Waals surface area (Å²) in [5.41, 5.74) is 2.41. The molecule has 0 spiro atoms. The van der Waals surface area contributed by atoms with Gasteiger partial charge in [-0.3, -0.25) is 4.79 Å². The molecule has 1 aliphatic rings. The number of rotatable bonds is 5. The molecule has 9 nitrogen and oxygen atoms in total. The molecule has 1 aromatic heterocycles. The Bertz CT molecular complexity index is 1130. The Balaban J connectivity index is 1.76. The molecule has 0 bridgehead atoms. The molecule has 0 radical (unpaired) electrons. The Labute approximate surface area is 177 Å². The molecule has 2 aromatic carbocycles. The van der Waals surface area contributed by atoms with E-state index in [1.807, 2.05) is 37.3 Å². The third kappa shape index (κ3) is 3.43. The van der Waals surface area contributed by atoms with Gasteiger partial charge in [-0.15, -0.1) is 0 Å². The van der Waals surface area contributed by atoms with Crippen LogP contribution in [-0.2, 0) is 4.79 Å². The van der Waals surface area contributed by atoms with Gasteiger partial charge in [0.2, 0.25) is 5.95 Å². The number of benzene rings is 2. The highest BCUT2D eigenvalue weighted by atomic mass is 35.5. The minimum atomic E-state index is -0.502. The van der Waals surface area contributed by atoms with Crippen LogP contribution < -0.4 is 20.1 Å². The van der Waals surface area contributed by atoms with Crippen LogP contribution in [0.1, 0.15) is 18.5 Å². The molecule has 4 rings (SSSR count). The Morgan fingerprint density at radius 1 is 1.17 bits per heavy atom. The third-order valence-corrected chi connectivity index (χ3v) is 5.09. The van der Waals surface area contributed by atoms with Gasteiger partial charge < -0.3 is 20.1 Å². The minimum Gasteiger partial charge on any atom is -0.495 e. The number of hydrogen-bond acceptors (Lipinski definition) is 7. The van der Waals surface area contributed by atoms with Crippen LogP contribution in [0.3, 0.4) is 0 Å². The van der Waals surface area contributed by atoms with Crippen molar-refractivity contribution in [3.8, 4) is 11.5 Å². The zero-order valence-corrected chi connectivity index (χ0v) is 17.3. The molecule has 1 amide bonds. The summed E-state index contributed by atoms with van der Waals surface area (Å²) >= 11 is 6.17. The summed E-state index contributed by atoms with van der Waals surface area (Å²) < 4.78 is 12.2. The second-order valence-electron chi connectivity index (χ2n) is 6.57. The van der Waals surface area contributed by atoms with Crippen molar-refractivity contribution in [1.29, 1.82) is 0 Å². The van der Waals surface area contributed by atoms with Gasteiger partial charge in [0, 0.05) is 17.8 Å². The van der Waals surface area contributed by atoms with E-state index in [9.17, 15) is 4.79 Å². The molecule has 0 aliphatic carbocycles. The average molecular weight is 427 g/mol. The molecule has 0 fully saturated rings. The number of halogens is 1. The van der Waals surface area contributed by atoms with E-state index < -0.39 is 6.04 Å². The van der Waals surface area contributed by atoms with Crippen molar-refractivity contribution in [2.45, 2.75) is 13.0 Å². The molecule has 2 heterocycles. The van der Waals surface area contributed by atoms with Crippen molar-refractivity contribution in [1.82, 2.24) is 20.2 Å². The number of ether oxygens (including phenoxy) is 2. The van der Waals surface area contributed by atoms with E-state index >= 15 is 0 Å². The number of hydrogen-bond donors (Lipinski definition) is 2. The lowest BCUT2D eigenvalue weighted by Gasteiger charge is -2.28. The number of carbonyl (C=O) groups is 1. The smallest absolute Gasteiger partial charge is 0.255 e. The lowest BCUT2D eigenvalue weighted by Crippen LogP contribution is -2.31. The molecule has 30 heavy (non-hydrogen) atoms. The van der Waals surface area contributed by atoms with Gasteiger partial charge >= 0.3 is 0 Å². The molecule has 2 N–H and O–H groups in total. The van der Waals surface area contributed by atoms with Gasteiger partial charge in [-0.1, -0.05) is 47.0 Å². The van der Waals surface area contributed by atoms with Crippen LogP contribution in [0.25, 0.3) is 0 Å². The number of nitrogens with zero attached hydrogens (tertiary/aromatic N) is 4. The maximum absolute atomic E-state index is 13.4. The monoisotopic (exact) mass is 426 g/mol. The number of methoxy groups -OCH3 is 2. The summed E-state index contributed by atoms with van der Waals surface area (Å²) in [5, 5.41) is 18.2. The predicted molar refractivity (Wildman–Crippen MR) is 112 cm³/mol.